The van der Waals surface area contributed by atoms with Crippen LogP contribution in [0.3, 0.4) is 0 Å². The van der Waals surface area contributed by atoms with Gasteiger partial charge in [0.1, 0.15) is 11.3 Å². The molecule has 7 nitrogen and oxygen atoms in total. The van der Waals surface area contributed by atoms with Gasteiger partial charge in [-0.2, -0.15) is 0 Å². The molecule has 0 spiro atoms. The fraction of sp³-hybridized carbons (Fsp3) is 0.500. The van der Waals surface area contributed by atoms with Crippen LogP contribution in [0.15, 0.2) is 12.1 Å². The zero-order chi connectivity index (χ0) is 17.0. The van der Waals surface area contributed by atoms with Crippen LogP contribution in [0.2, 0.25) is 0 Å². The van der Waals surface area contributed by atoms with Crippen molar-refractivity contribution >= 4 is 11.9 Å². The van der Waals surface area contributed by atoms with Crippen molar-refractivity contribution in [3.8, 4) is 17.2 Å². The Morgan fingerprint density at radius 1 is 1.04 bits per heavy atom. The van der Waals surface area contributed by atoms with E-state index in [4.69, 9.17) is 18.9 Å². The molecule has 0 bridgehead atoms. The second kappa shape index (κ2) is 7.21. The van der Waals surface area contributed by atoms with Crippen LogP contribution in [-0.4, -0.2) is 45.4 Å². The van der Waals surface area contributed by atoms with Crippen molar-refractivity contribution in [2.24, 2.45) is 0 Å². The molecule has 1 aromatic rings. The summed E-state index contributed by atoms with van der Waals surface area (Å²) < 4.78 is 20.7. The first-order valence-corrected chi connectivity index (χ1v) is 7.31. The lowest BCUT2D eigenvalue weighted by Gasteiger charge is -2.16. The van der Waals surface area contributed by atoms with Crippen molar-refractivity contribution in [1.29, 1.82) is 0 Å². The summed E-state index contributed by atoms with van der Waals surface area (Å²) in [6.45, 7) is 1.53. The highest BCUT2D eigenvalue weighted by atomic mass is 16.6. The molecule has 0 aromatic heterocycles. The minimum atomic E-state index is -0.888. The van der Waals surface area contributed by atoms with E-state index in [9.17, 15) is 9.59 Å². The monoisotopic (exact) mass is 323 g/mol. The molecule has 2 rings (SSSR count). The van der Waals surface area contributed by atoms with Gasteiger partial charge in [0.2, 0.25) is 0 Å². The molecule has 1 aromatic carbocycles. The molecule has 126 valence electrons. The largest absolute Gasteiger partial charge is 0.496 e. The summed E-state index contributed by atoms with van der Waals surface area (Å²) in [5.41, 5.74) is 0.163. The van der Waals surface area contributed by atoms with E-state index >= 15 is 0 Å². The molecule has 0 radical (unpaired) electrons. The van der Waals surface area contributed by atoms with Crippen molar-refractivity contribution in [2.45, 2.75) is 31.9 Å². The van der Waals surface area contributed by atoms with Crippen molar-refractivity contribution in [1.82, 2.24) is 5.32 Å². The van der Waals surface area contributed by atoms with Crippen molar-refractivity contribution in [3.63, 3.8) is 0 Å². The second-order valence-electron chi connectivity index (χ2n) is 5.24. The van der Waals surface area contributed by atoms with Gasteiger partial charge < -0.3 is 24.3 Å². The van der Waals surface area contributed by atoms with E-state index in [1.165, 1.54) is 40.4 Å². The Hall–Kier alpha value is -2.44. The maximum absolute atomic E-state index is 12.3. The van der Waals surface area contributed by atoms with Crippen LogP contribution in [-0.2, 0) is 9.53 Å². The highest BCUT2D eigenvalue weighted by Crippen LogP contribution is 2.35. The third-order valence-corrected chi connectivity index (χ3v) is 3.50. The molecular weight excluding hydrogens is 302 g/mol. The second-order valence-corrected chi connectivity index (χ2v) is 5.24. The zero-order valence-corrected chi connectivity index (χ0v) is 13.7. The van der Waals surface area contributed by atoms with Gasteiger partial charge in [0, 0.05) is 18.2 Å². The van der Waals surface area contributed by atoms with Crippen LogP contribution in [0.5, 0.6) is 17.2 Å². The molecule has 7 heteroatoms. The summed E-state index contributed by atoms with van der Waals surface area (Å²) in [6.07, 6.45) is 1.05. The van der Waals surface area contributed by atoms with Gasteiger partial charge >= 0.3 is 5.97 Å². The Bertz CT molecular complexity index is 596. The molecule has 0 saturated heterocycles. The molecular formula is C16H21NO6. The number of benzene rings is 1. The minimum absolute atomic E-state index is 0.163. The molecule has 1 aliphatic rings. The lowest BCUT2D eigenvalue weighted by molar-refractivity contribution is -0.129. The number of carbonyl (C=O) groups is 2. The molecule has 1 amide bonds. The molecule has 0 unspecified atom stereocenters. The van der Waals surface area contributed by atoms with Crippen molar-refractivity contribution < 1.29 is 28.5 Å². The SMILES string of the molecule is COc1cc(OC)c(C(=O)O[C@H](C)C(=O)NC2CC2)cc1OC. The summed E-state index contributed by atoms with van der Waals surface area (Å²) in [6, 6.07) is 3.20. The molecule has 1 N–H and O–H groups in total. The fourth-order valence-corrected chi connectivity index (χ4v) is 2.01. The molecule has 1 aliphatic carbocycles. The number of ether oxygens (including phenoxy) is 4. The summed E-state index contributed by atoms with van der Waals surface area (Å²) in [5.74, 6) is 0.111. The third kappa shape index (κ3) is 4.06. The van der Waals surface area contributed by atoms with Crippen LogP contribution in [0.25, 0.3) is 0 Å². The van der Waals surface area contributed by atoms with Crippen LogP contribution < -0.4 is 19.5 Å². The average Bonchev–Trinajstić information content (AvgIpc) is 3.36. The molecule has 1 atom stereocenters. The van der Waals surface area contributed by atoms with Crippen molar-refractivity contribution in [2.75, 3.05) is 21.3 Å². The Balaban J connectivity index is 2.15. The predicted molar refractivity (Wildman–Crippen MR) is 82.1 cm³/mol. The van der Waals surface area contributed by atoms with Gasteiger partial charge in [0.15, 0.2) is 17.6 Å². The first-order valence-electron chi connectivity index (χ1n) is 7.31. The minimum Gasteiger partial charge on any atom is -0.496 e. The van der Waals surface area contributed by atoms with Gasteiger partial charge in [0.25, 0.3) is 5.91 Å². The number of amides is 1. The van der Waals surface area contributed by atoms with Gasteiger partial charge in [0.05, 0.1) is 21.3 Å². The number of hydrogen-bond donors (Lipinski definition) is 1. The molecule has 1 fully saturated rings. The number of hydrogen-bond acceptors (Lipinski definition) is 6. The molecule has 0 aliphatic heterocycles. The summed E-state index contributed by atoms with van der Waals surface area (Å²) in [4.78, 5) is 24.2. The van der Waals surface area contributed by atoms with Gasteiger partial charge in [-0.15, -0.1) is 0 Å². The van der Waals surface area contributed by atoms with E-state index in [2.05, 4.69) is 5.32 Å². The number of methoxy groups -OCH3 is 3. The Labute approximate surface area is 134 Å². The van der Waals surface area contributed by atoms with E-state index in [0.29, 0.717) is 11.5 Å². The normalized spacial score (nSPS) is 14.6. The van der Waals surface area contributed by atoms with Crippen molar-refractivity contribution in [3.05, 3.63) is 17.7 Å². The predicted octanol–water partition coefficient (Wildman–Crippen LogP) is 1.54. The van der Waals surface area contributed by atoms with Crippen LogP contribution in [0.1, 0.15) is 30.1 Å². The Kier molecular flexibility index (Phi) is 5.31. The fourth-order valence-electron chi connectivity index (χ4n) is 2.01. The maximum Gasteiger partial charge on any atom is 0.342 e. The van der Waals surface area contributed by atoms with E-state index < -0.39 is 12.1 Å². The molecule has 23 heavy (non-hydrogen) atoms. The third-order valence-electron chi connectivity index (χ3n) is 3.50. The Morgan fingerprint density at radius 3 is 2.13 bits per heavy atom. The quantitative estimate of drug-likeness (QED) is 0.766. The zero-order valence-electron chi connectivity index (χ0n) is 13.7. The maximum atomic E-state index is 12.3. The highest BCUT2D eigenvalue weighted by Gasteiger charge is 2.28. The van der Waals surface area contributed by atoms with Crippen LogP contribution >= 0.6 is 0 Å². The smallest absolute Gasteiger partial charge is 0.342 e. The van der Waals surface area contributed by atoms with E-state index in [0.717, 1.165) is 12.8 Å². The van der Waals surface area contributed by atoms with Crippen LogP contribution in [0.4, 0.5) is 0 Å². The standard InChI is InChI=1S/C16H21NO6/c1-9(15(18)17-10-5-6-10)23-16(19)11-7-13(21-3)14(22-4)8-12(11)20-2/h7-10H,5-6H2,1-4H3,(H,17,18)/t9-/m1/s1. The van der Waals surface area contributed by atoms with Gasteiger partial charge in [-0.25, -0.2) is 4.79 Å². The number of nitrogens with one attached hydrogen (secondary N) is 1. The summed E-state index contributed by atoms with van der Waals surface area (Å²) in [5, 5.41) is 2.79. The Morgan fingerprint density at radius 2 is 1.61 bits per heavy atom. The van der Waals surface area contributed by atoms with Crippen LogP contribution in [0, 0.1) is 0 Å². The highest BCUT2D eigenvalue weighted by molar-refractivity contribution is 5.95. The summed E-state index contributed by atoms with van der Waals surface area (Å²) >= 11 is 0. The number of carbonyl (C=O) groups excluding carboxylic acids is 2. The first kappa shape index (κ1) is 16.9. The van der Waals surface area contributed by atoms with E-state index in [1.807, 2.05) is 0 Å². The topological polar surface area (TPSA) is 83.1 Å². The van der Waals surface area contributed by atoms with E-state index in [1.54, 1.807) is 0 Å². The van der Waals surface area contributed by atoms with Gasteiger partial charge in [-0.1, -0.05) is 0 Å². The summed E-state index contributed by atoms with van der Waals surface area (Å²) in [7, 11) is 4.38. The van der Waals surface area contributed by atoms with E-state index in [-0.39, 0.29) is 23.3 Å². The number of rotatable bonds is 7. The van der Waals surface area contributed by atoms with Gasteiger partial charge in [-0.05, 0) is 19.8 Å². The molecule has 1 saturated carbocycles. The first-order chi connectivity index (χ1) is 11.0. The lowest BCUT2D eigenvalue weighted by atomic mass is 10.1. The molecule has 0 heterocycles. The average molecular weight is 323 g/mol. The van der Waals surface area contributed by atoms with Gasteiger partial charge in [-0.3, -0.25) is 4.79 Å². The number of esters is 1. The lowest BCUT2D eigenvalue weighted by Crippen LogP contribution is -2.37.